The van der Waals surface area contributed by atoms with Gasteiger partial charge in [-0.05, 0) is 54.7 Å². The van der Waals surface area contributed by atoms with Gasteiger partial charge in [0, 0.05) is 26.6 Å². The van der Waals surface area contributed by atoms with Gasteiger partial charge in [-0.1, -0.05) is 105 Å². The molecule has 4 N–H and O–H groups in total. The largest absolute Gasteiger partial charge is 0.390 e. The van der Waals surface area contributed by atoms with Crippen LogP contribution in [-0.4, -0.2) is 64.5 Å². The lowest BCUT2D eigenvalue weighted by Crippen LogP contribution is -2.59. The third kappa shape index (κ3) is 9.74. The van der Waals surface area contributed by atoms with Gasteiger partial charge in [0.15, 0.2) is 0 Å². The highest BCUT2D eigenvalue weighted by Crippen LogP contribution is 2.32. The minimum atomic E-state index is -1.03. The first-order valence-corrected chi connectivity index (χ1v) is 16.1. The summed E-state index contributed by atoms with van der Waals surface area (Å²) in [4.78, 5) is 42.2. The lowest BCUT2D eigenvalue weighted by Gasteiger charge is -2.34. The smallest absolute Gasteiger partial charge is 0.249 e. The Kier molecular flexibility index (Phi) is 12.3. The molecule has 1 heterocycles. The molecule has 0 saturated carbocycles. The first kappa shape index (κ1) is 33.9. The predicted octanol–water partition coefficient (Wildman–Crippen LogP) is 4.02. The molecule has 0 spiro atoms. The van der Waals surface area contributed by atoms with E-state index >= 15 is 0 Å². The summed E-state index contributed by atoms with van der Waals surface area (Å²) in [6.07, 6.45) is 1.52. The van der Waals surface area contributed by atoms with Crippen molar-refractivity contribution in [3.63, 3.8) is 0 Å². The molecule has 8 nitrogen and oxygen atoms in total. The normalized spacial score (nSPS) is 18.4. The number of carbonyl (C=O) groups excluding carboxylic acids is 3. The number of amides is 3. The molecule has 1 aliphatic rings. The SMILES string of the molecule is CC(=O)NC1(CC(C)C)CCN(C(CCc2ccccc2)C(=O)NC(Cc2ccccc2)C(O)CNCc2ccccc2)C1=O. The molecule has 8 heteroatoms. The highest BCUT2D eigenvalue weighted by Gasteiger charge is 2.50. The van der Waals surface area contributed by atoms with Gasteiger partial charge in [-0.25, -0.2) is 0 Å². The second kappa shape index (κ2) is 16.3. The lowest BCUT2D eigenvalue weighted by atomic mass is 9.87. The van der Waals surface area contributed by atoms with Crippen LogP contribution in [-0.2, 0) is 33.8 Å². The standard InChI is InChI=1S/C37H48N4O4/c1-27(2)24-37(40-28(3)42)21-22-41(36(37)45)33(20-19-29-13-7-4-8-14-29)35(44)39-32(23-30-15-9-5-10-16-30)34(43)26-38-25-31-17-11-6-12-18-31/h4-18,27,32-34,38,43H,19-26H2,1-3H3,(H,39,44)(H,40,42). The Morgan fingerprint density at radius 2 is 1.47 bits per heavy atom. The second-order valence-electron chi connectivity index (χ2n) is 12.6. The zero-order chi connectivity index (χ0) is 32.2. The van der Waals surface area contributed by atoms with Gasteiger partial charge in [0.1, 0.15) is 11.6 Å². The zero-order valence-electron chi connectivity index (χ0n) is 26.7. The summed E-state index contributed by atoms with van der Waals surface area (Å²) in [6.45, 7) is 6.72. The number of aliphatic hydroxyl groups is 1. The monoisotopic (exact) mass is 612 g/mol. The van der Waals surface area contributed by atoms with Gasteiger partial charge in [0.2, 0.25) is 17.7 Å². The molecular formula is C37H48N4O4. The minimum absolute atomic E-state index is 0.172. The number of aryl methyl sites for hydroxylation is 1. The quantitative estimate of drug-likeness (QED) is 0.195. The summed E-state index contributed by atoms with van der Waals surface area (Å²) in [5.74, 6) is -0.605. The molecule has 3 aromatic carbocycles. The van der Waals surface area contributed by atoms with Gasteiger partial charge in [0.25, 0.3) is 0 Å². The summed E-state index contributed by atoms with van der Waals surface area (Å²) in [5.41, 5.74) is 2.13. The van der Waals surface area contributed by atoms with E-state index in [1.807, 2.05) is 105 Å². The second-order valence-corrected chi connectivity index (χ2v) is 12.6. The zero-order valence-corrected chi connectivity index (χ0v) is 26.7. The fourth-order valence-electron chi connectivity index (χ4n) is 6.39. The van der Waals surface area contributed by atoms with Crippen LogP contribution < -0.4 is 16.0 Å². The number of likely N-dealkylation sites (tertiary alicyclic amines) is 1. The molecule has 3 aromatic rings. The van der Waals surface area contributed by atoms with Crippen molar-refractivity contribution in [1.29, 1.82) is 0 Å². The van der Waals surface area contributed by atoms with E-state index in [1.165, 1.54) is 6.92 Å². The number of aliphatic hydroxyl groups excluding tert-OH is 1. The highest BCUT2D eigenvalue weighted by atomic mass is 16.3. The van der Waals surface area contributed by atoms with E-state index in [1.54, 1.807) is 4.90 Å². The summed E-state index contributed by atoms with van der Waals surface area (Å²) in [6, 6.07) is 28.3. The fourth-order valence-corrected chi connectivity index (χ4v) is 6.39. The Bertz CT molecular complexity index is 1370. The molecule has 1 aliphatic heterocycles. The Morgan fingerprint density at radius 3 is 2.04 bits per heavy atom. The summed E-state index contributed by atoms with van der Waals surface area (Å²) in [7, 11) is 0. The molecule has 0 aromatic heterocycles. The van der Waals surface area contributed by atoms with Crippen LogP contribution in [0.4, 0.5) is 0 Å². The average molecular weight is 613 g/mol. The number of nitrogens with zero attached hydrogens (tertiary/aromatic N) is 1. The summed E-state index contributed by atoms with van der Waals surface area (Å²) < 4.78 is 0. The lowest BCUT2D eigenvalue weighted by molar-refractivity contribution is -0.143. The molecule has 1 fully saturated rings. The van der Waals surface area contributed by atoms with Crippen LogP contribution in [0.3, 0.4) is 0 Å². The predicted molar refractivity (Wildman–Crippen MR) is 177 cm³/mol. The number of benzene rings is 3. The molecule has 45 heavy (non-hydrogen) atoms. The molecule has 4 unspecified atom stereocenters. The maximum absolute atomic E-state index is 14.2. The van der Waals surface area contributed by atoms with Crippen LogP contribution in [0.25, 0.3) is 0 Å². The van der Waals surface area contributed by atoms with Crippen molar-refractivity contribution in [3.8, 4) is 0 Å². The number of rotatable bonds is 16. The topological polar surface area (TPSA) is 111 Å². The van der Waals surface area contributed by atoms with Crippen molar-refractivity contribution in [1.82, 2.24) is 20.9 Å². The number of hydrogen-bond donors (Lipinski definition) is 4. The van der Waals surface area contributed by atoms with E-state index in [9.17, 15) is 19.5 Å². The van der Waals surface area contributed by atoms with E-state index in [2.05, 4.69) is 16.0 Å². The van der Waals surface area contributed by atoms with Crippen LogP contribution in [0, 0.1) is 5.92 Å². The van der Waals surface area contributed by atoms with Crippen molar-refractivity contribution in [2.75, 3.05) is 13.1 Å². The van der Waals surface area contributed by atoms with Crippen molar-refractivity contribution in [3.05, 3.63) is 108 Å². The van der Waals surface area contributed by atoms with Gasteiger partial charge >= 0.3 is 0 Å². The molecular weight excluding hydrogens is 564 g/mol. The number of hydrogen-bond acceptors (Lipinski definition) is 5. The van der Waals surface area contributed by atoms with Gasteiger partial charge in [0.05, 0.1) is 12.1 Å². The van der Waals surface area contributed by atoms with E-state index in [0.29, 0.717) is 45.2 Å². The Hall–Kier alpha value is -4.01. The maximum Gasteiger partial charge on any atom is 0.249 e. The molecule has 3 amide bonds. The first-order chi connectivity index (χ1) is 21.7. The summed E-state index contributed by atoms with van der Waals surface area (Å²) in [5, 5.41) is 20.8. The van der Waals surface area contributed by atoms with E-state index < -0.39 is 23.7 Å². The van der Waals surface area contributed by atoms with Crippen molar-refractivity contribution < 1.29 is 19.5 Å². The van der Waals surface area contributed by atoms with E-state index in [0.717, 1.165) is 16.7 Å². The van der Waals surface area contributed by atoms with Crippen LogP contribution in [0.1, 0.15) is 56.7 Å². The van der Waals surface area contributed by atoms with Crippen molar-refractivity contribution in [2.45, 2.75) is 83.1 Å². The van der Waals surface area contributed by atoms with Gasteiger partial charge in [-0.3, -0.25) is 14.4 Å². The van der Waals surface area contributed by atoms with Crippen LogP contribution >= 0.6 is 0 Å². The van der Waals surface area contributed by atoms with Gasteiger partial charge < -0.3 is 26.0 Å². The van der Waals surface area contributed by atoms with E-state index in [-0.39, 0.29) is 30.2 Å². The van der Waals surface area contributed by atoms with Crippen LogP contribution in [0.2, 0.25) is 0 Å². The van der Waals surface area contributed by atoms with Crippen LogP contribution in [0.15, 0.2) is 91.0 Å². The number of carbonyl (C=O) groups is 3. The van der Waals surface area contributed by atoms with Crippen LogP contribution in [0.5, 0.6) is 0 Å². The van der Waals surface area contributed by atoms with Crippen molar-refractivity contribution in [2.24, 2.45) is 5.92 Å². The average Bonchev–Trinajstić information content (AvgIpc) is 3.31. The van der Waals surface area contributed by atoms with E-state index in [4.69, 9.17) is 0 Å². The van der Waals surface area contributed by atoms with Gasteiger partial charge in [-0.15, -0.1) is 0 Å². The molecule has 4 atom stereocenters. The molecule has 0 aliphatic carbocycles. The van der Waals surface area contributed by atoms with Crippen molar-refractivity contribution >= 4 is 17.7 Å². The molecule has 0 radical (unpaired) electrons. The molecule has 1 saturated heterocycles. The Morgan fingerprint density at radius 1 is 0.889 bits per heavy atom. The third-order valence-corrected chi connectivity index (χ3v) is 8.47. The summed E-state index contributed by atoms with van der Waals surface area (Å²) >= 11 is 0. The molecule has 0 bridgehead atoms. The Labute approximate surface area is 267 Å². The van der Waals surface area contributed by atoms with Gasteiger partial charge in [-0.2, -0.15) is 0 Å². The highest BCUT2D eigenvalue weighted by molar-refractivity contribution is 5.96. The molecule has 4 rings (SSSR count). The fraction of sp³-hybridized carbons (Fsp3) is 0.432. The number of nitrogens with one attached hydrogen (secondary N) is 3. The minimum Gasteiger partial charge on any atom is -0.390 e. The Balaban J connectivity index is 1.56. The third-order valence-electron chi connectivity index (χ3n) is 8.47. The maximum atomic E-state index is 14.2. The molecule has 240 valence electrons. The first-order valence-electron chi connectivity index (χ1n) is 16.1.